The SMILES string of the molecule is CCOC(=O)C1C(c2ccccc2)N1C(C)(C)C. The normalized spacial score (nSPS) is 26.8. The summed E-state index contributed by atoms with van der Waals surface area (Å²) in [6, 6.07) is 10.2. The quantitative estimate of drug-likeness (QED) is 0.607. The Kier molecular flexibility index (Phi) is 3.44. The maximum Gasteiger partial charge on any atom is 0.325 e. The molecule has 0 bridgehead atoms. The van der Waals surface area contributed by atoms with Gasteiger partial charge in [0.25, 0.3) is 0 Å². The summed E-state index contributed by atoms with van der Waals surface area (Å²) in [6.07, 6.45) is 0. The van der Waals surface area contributed by atoms with E-state index < -0.39 is 0 Å². The first-order valence-corrected chi connectivity index (χ1v) is 6.47. The summed E-state index contributed by atoms with van der Waals surface area (Å²) >= 11 is 0. The summed E-state index contributed by atoms with van der Waals surface area (Å²) in [6.45, 7) is 8.67. The third-order valence-electron chi connectivity index (χ3n) is 3.25. The molecule has 0 amide bonds. The second-order valence-electron chi connectivity index (χ2n) is 5.63. The van der Waals surface area contributed by atoms with Crippen LogP contribution in [0.1, 0.15) is 39.3 Å². The summed E-state index contributed by atoms with van der Waals surface area (Å²) in [5.74, 6) is -0.110. The van der Waals surface area contributed by atoms with E-state index in [1.807, 2.05) is 25.1 Å². The predicted octanol–water partition coefficient (Wildman–Crippen LogP) is 2.77. The van der Waals surface area contributed by atoms with Gasteiger partial charge in [0.15, 0.2) is 0 Å². The summed E-state index contributed by atoms with van der Waals surface area (Å²) in [7, 11) is 0. The highest BCUT2D eigenvalue weighted by Crippen LogP contribution is 2.48. The van der Waals surface area contributed by atoms with Gasteiger partial charge < -0.3 is 4.74 Å². The first-order valence-electron chi connectivity index (χ1n) is 6.47. The van der Waals surface area contributed by atoms with Crippen molar-refractivity contribution in [2.24, 2.45) is 0 Å². The zero-order chi connectivity index (χ0) is 13.3. The van der Waals surface area contributed by atoms with Gasteiger partial charge in [-0.05, 0) is 33.3 Å². The van der Waals surface area contributed by atoms with Crippen molar-refractivity contribution in [1.82, 2.24) is 4.90 Å². The van der Waals surface area contributed by atoms with Gasteiger partial charge in [-0.15, -0.1) is 0 Å². The monoisotopic (exact) mass is 247 g/mol. The van der Waals surface area contributed by atoms with E-state index in [2.05, 4.69) is 37.8 Å². The molecular formula is C15H21NO2. The van der Waals surface area contributed by atoms with Gasteiger partial charge in [-0.3, -0.25) is 9.69 Å². The van der Waals surface area contributed by atoms with E-state index in [-0.39, 0.29) is 23.6 Å². The lowest BCUT2D eigenvalue weighted by molar-refractivity contribution is -0.143. The number of benzene rings is 1. The molecule has 98 valence electrons. The van der Waals surface area contributed by atoms with Crippen molar-refractivity contribution >= 4 is 5.97 Å². The summed E-state index contributed by atoms with van der Waals surface area (Å²) in [5, 5.41) is 0. The fourth-order valence-electron chi connectivity index (χ4n) is 2.53. The fourth-order valence-corrected chi connectivity index (χ4v) is 2.53. The van der Waals surface area contributed by atoms with Crippen molar-refractivity contribution < 1.29 is 9.53 Å². The molecule has 0 N–H and O–H groups in total. The number of esters is 1. The molecule has 0 aromatic heterocycles. The lowest BCUT2D eigenvalue weighted by Gasteiger charge is -2.22. The first-order chi connectivity index (χ1) is 8.46. The van der Waals surface area contributed by atoms with Crippen LogP contribution < -0.4 is 0 Å². The molecule has 3 heteroatoms. The molecule has 1 fully saturated rings. The topological polar surface area (TPSA) is 29.3 Å². The van der Waals surface area contributed by atoms with Crippen LogP contribution in [0.5, 0.6) is 0 Å². The van der Waals surface area contributed by atoms with Crippen molar-refractivity contribution in [3.63, 3.8) is 0 Å². The maximum atomic E-state index is 12.0. The van der Waals surface area contributed by atoms with Crippen molar-refractivity contribution in [3.8, 4) is 0 Å². The van der Waals surface area contributed by atoms with Crippen LogP contribution in [0.15, 0.2) is 30.3 Å². The molecule has 0 radical (unpaired) electrons. The lowest BCUT2D eigenvalue weighted by Crippen LogP contribution is -2.30. The summed E-state index contributed by atoms with van der Waals surface area (Å²) in [4.78, 5) is 14.2. The van der Waals surface area contributed by atoms with Gasteiger partial charge >= 0.3 is 5.97 Å². The van der Waals surface area contributed by atoms with Gasteiger partial charge in [0, 0.05) is 5.54 Å². The number of hydrogen-bond donors (Lipinski definition) is 0. The third kappa shape index (κ3) is 2.41. The molecule has 1 aliphatic rings. The van der Waals surface area contributed by atoms with Crippen LogP contribution in [-0.4, -0.2) is 29.1 Å². The van der Waals surface area contributed by atoms with Crippen LogP contribution in [0.25, 0.3) is 0 Å². The Morgan fingerprint density at radius 2 is 1.89 bits per heavy atom. The standard InChI is InChI=1S/C15H21NO2/c1-5-18-14(17)13-12(16(13)15(2,3)4)11-9-7-6-8-10-11/h6-10,12-13H,5H2,1-4H3. The molecule has 3 unspecified atom stereocenters. The molecule has 0 spiro atoms. The Morgan fingerprint density at radius 3 is 2.39 bits per heavy atom. The number of nitrogens with zero attached hydrogens (tertiary/aromatic N) is 1. The average molecular weight is 247 g/mol. The van der Waals surface area contributed by atoms with E-state index in [0.29, 0.717) is 6.61 Å². The number of rotatable bonds is 3. The minimum Gasteiger partial charge on any atom is -0.465 e. The van der Waals surface area contributed by atoms with Crippen LogP contribution in [0, 0.1) is 0 Å². The van der Waals surface area contributed by atoms with Gasteiger partial charge in [-0.2, -0.15) is 0 Å². The maximum absolute atomic E-state index is 12.0. The van der Waals surface area contributed by atoms with E-state index in [9.17, 15) is 4.79 Å². The highest BCUT2D eigenvalue weighted by Gasteiger charge is 2.58. The van der Waals surface area contributed by atoms with E-state index in [1.54, 1.807) is 0 Å². The van der Waals surface area contributed by atoms with E-state index in [1.165, 1.54) is 5.56 Å². The Labute approximate surface area is 109 Å². The highest BCUT2D eigenvalue weighted by atomic mass is 16.5. The Morgan fingerprint density at radius 1 is 1.28 bits per heavy atom. The van der Waals surface area contributed by atoms with Crippen LogP contribution >= 0.6 is 0 Å². The average Bonchev–Trinajstić information content (AvgIpc) is 3.05. The molecule has 0 saturated carbocycles. The fraction of sp³-hybridized carbons (Fsp3) is 0.533. The van der Waals surface area contributed by atoms with Crippen molar-refractivity contribution in [3.05, 3.63) is 35.9 Å². The Bertz CT molecular complexity index is 422. The zero-order valence-electron chi connectivity index (χ0n) is 11.5. The second kappa shape index (κ2) is 4.73. The van der Waals surface area contributed by atoms with Crippen LogP contribution in [-0.2, 0) is 9.53 Å². The molecule has 18 heavy (non-hydrogen) atoms. The molecule has 1 aliphatic heterocycles. The summed E-state index contributed by atoms with van der Waals surface area (Å²) in [5.41, 5.74) is 1.16. The van der Waals surface area contributed by atoms with E-state index in [4.69, 9.17) is 4.74 Å². The molecule has 0 aliphatic carbocycles. The molecule has 3 nitrogen and oxygen atoms in total. The smallest absolute Gasteiger partial charge is 0.325 e. The molecular weight excluding hydrogens is 226 g/mol. The third-order valence-corrected chi connectivity index (χ3v) is 3.25. The molecule has 1 heterocycles. The number of ether oxygens (including phenoxy) is 1. The number of carbonyl (C=O) groups is 1. The van der Waals surface area contributed by atoms with Crippen LogP contribution in [0.4, 0.5) is 0 Å². The Balaban J connectivity index is 2.21. The minimum atomic E-state index is -0.132. The Hall–Kier alpha value is -1.35. The van der Waals surface area contributed by atoms with Crippen LogP contribution in [0.3, 0.4) is 0 Å². The minimum absolute atomic E-state index is 0.0298. The molecule has 2 rings (SSSR count). The highest BCUT2D eigenvalue weighted by molar-refractivity contribution is 5.81. The zero-order valence-corrected chi connectivity index (χ0v) is 11.5. The number of hydrogen-bond acceptors (Lipinski definition) is 3. The van der Waals surface area contributed by atoms with Crippen molar-refractivity contribution in [2.75, 3.05) is 6.61 Å². The summed E-state index contributed by atoms with van der Waals surface area (Å²) < 4.78 is 5.16. The largest absolute Gasteiger partial charge is 0.465 e. The van der Waals surface area contributed by atoms with E-state index in [0.717, 1.165) is 0 Å². The molecule has 1 aromatic carbocycles. The van der Waals surface area contributed by atoms with Gasteiger partial charge in [0.2, 0.25) is 0 Å². The molecule has 3 atom stereocenters. The van der Waals surface area contributed by atoms with Gasteiger partial charge in [0.05, 0.1) is 12.6 Å². The second-order valence-corrected chi connectivity index (χ2v) is 5.63. The lowest BCUT2D eigenvalue weighted by atomic mass is 10.1. The van der Waals surface area contributed by atoms with Crippen molar-refractivity contribution in [1.29, 1.82) is 0 Å². The van der Waals surface area contributed by atoms with Gasteiger partial charge in [-0.1, -0.05) is 30.3 Å². The first kappa shape index (κ1) is 13.1. The van der Waals surface area contributed by atoms with E-state index >= 15 is 0 Å². The molecule has 1 aromatic rings. The number of carbonyl (C=O) groups excluding carboxylic acids is 1. The van der Waals surface area contributed by atoms with Gasteiger partial charge in [-0.25, -0.2) is 0 Å². The predicted molar refractivity (Wildman–Crippen MR) is 71.2 cm³/mol. The van der Waals surface area contributed by atoms with Crippen LogP contribution in [0.2, 0.25) is 0 Å². The van der Waals surface area contributed by atoms with Crippen molar-refractivity contribution in [2.45, 2.75) is 45.3 Å². The molecule has 1 saturated heterocycles. The van der Waals surface area contributed by atoms with Gasteiger partial charge in [0.1, 0.15) is 6.04 Å².